The molecule has 0 aromatic carbocycles. The molecule has 4 heteroatoms. The van der Waals surface area contributed by atoms with Gasteiger partial charge in [-0.1, -0.05) is 15.9 Å². The van der Waals surface area contributed by atoms with Gasteiger partial charge in [0.15, 0.2) is 0 Å². The van der Waals surface area contributed by atoms with Crippen LogP contribution >= 0.6 is 15.9 Å². The number of hydrogen-bond acceptors (Lipinski definition) is 2. The van der Waals surface area contributed by atoms with E-state index < -0.39 is 0 Å². The number of nitrogens with zero attached hydrogens (tertiary/aromatic N) is 1. The first-order valence-corrected chi connectivity index (χ1v) is 7.89. The summed E-state index contributed by atoms with van der Waals surface area (Å²) < 4.78 is 5.33. The van der Waals surface area contributed by atoms with E-state index in [2.05, 4.69) is 20.8 Å². The largest absolute Gasteiger partial charge is 0.381 e. The van der Waals surface area contributed by atoms with Crippen LogP contribution in [0.15, 0.2) is 0 Å². The molecular formula is C13H22BrNO2. The summed E-state index contributed by atoms with van der Waals surface area (Å²) in [7, 11) is 0. The highest BCUT2D eigenvalue weighted by Crippen LogP contribution is 2.28. The third-order valence-corrected chi connectivity index (χ3v) is 4.46. The molecule has 17 heavy (non-hydrogen) atoms. The summed E-state index contributed by atoms with van der Waals surface area (Å²) in [6.45, 7) is 2.44. The Bertz CT molecular complexity index is 250. The van der Waals surface area contributed by atoms with E-state index in [1.54, 1.807) is 0 Å². The van der Waals surface area contributed by atoms with Crippen LogP contribution in [0.1, 0.15) is 38.5 Å². The SMILES string of the molecule is O=C(C1CCOCC1)N(CCCBr)C1CCC1. The molecule has 0 radical (unpaired) electrons. The molecular weight excluding hydrogens is 282 g/mol. The quantitative estimate of drug-likeness (QED) is 0.731. The second-order valence-corrected chi connectivity index (χ2v) is 5.84. The maximum atomic E-state index is 12.5. The van der Waals surface area contributed by atoms with Crippen LogP contribution in [-0.2, 0) is 9.53 Å². The minimum atomic E-state index is 0.222. The summed E-state index contributed by atoms with van der Waals surface area (Å²) in [4.78, 5) is 14.6. The van der Waals surface area contributed by atoms with Crippen molar-refractivity contribution in [2.24, 2.45) is 5.92 Å². The molecule has 1 amide bonds. The molecule has 2 rings (SSSR count). The Morgan fingerprint density at radius 1 is 1.24 bits per heavy atom. The van der Waals surface area contributed by atoms with Crippen molar-refractivity contribution in [3.63, 3.8) is 0 Å². The molecule has 98 valence electrons. The van der Waals surface area contributed by atoms with Gasteiger partial charge in [0.1, 0.15) is 0 Å². The van der Waals surface area contributed by atoms with E-state index in [9.17, 15) is 4.79 Å². The average Bonchev–Trinajstić information content (AvgIpc) is 2.32. The summed E-state index contributed by atoms with van der Waals surface area (Å²) in [6, 6.07) is 0.532. The van der Waals surface area contributed by atoms with Gasteiger partial charge in [-0.2, -0.15) is 0 Å². The van der Waals surface area contributed by atoms with Gasteiger partial charge in [0, 0.05) is 37.0 Å². The highest BCUT2D eigenvalue weighted by Gasteiger charge is 2.33. The third-order valence-electron chi connectivity index (χ3n) is 3.90. The molecule has 0 aromatic rings. The van der Waals surface area contributed by atoms with Gasteiger partial charge >= 0.3 is 0 Å². The molecule has 1 aliphatic heterocycles. The Balaban J connectivity index is 1.90. The highest BCUT2D eigenvalue weighted by atomic mass is 79.9. The number of alkyl halides is 1. The van der Waals surface area contributed by atoms with Crippen LogP contribution in [0.4, 0.5) is 0 Å². The lowest BCUT2D eigenvalue weighted by atomic mass is 9.89. The van der Waals surface area contributed by atoms with Crippen molar-refractivity contribution in [3.8, 4) is 0 Å². The van der Waals surface area contributed by atoms with Gasteiger partial charge in [-0.3, -0.25) is 4.79 Å². The Kier molecular flexibility index (Phi) is 5.29. The molecule has 0 atom stereocenters. The van der Waals surface area contributed by atoms with Crippen LogP contribution in [0.2, 0.25) is 0 Å². The standard InChI is InChI=1S/C13H22BrNO2/c14-7-2-8-15(12-3-1-4-12)13(16)11-5-9-17-10-6-11/h11-12H,1-10H2. The summed E-state index contributed by atoms with van der Waals surface area (Å²) in [5, 5.41) is 0.983. The van der Waals surface area contributed by atoms with Crippen LogP contribution in [0.5, 0.6) is 0 Å². The van der Waals surface area contributed by atoms with Crippen LogP contribution in [0.25, 0.3) is 0 Å². The van der Waals surface area contributed by atoms with Gasteiger partial charge in [-0.15, -0.1) is 0 Å². The summed E-state index contributed by atoms with van der Waals surface area (Å²) in [5.41, 5.74) is 0. The molecule has 0 N–H and O–H groups in total. The lowest BCUT2D eigenvalue weighted by Gasteiger charge is -2.40. The van der Waals surface area contributed by atoms with Crippen LogP contribution < -0.4 is 0 Å². The van der Waals surface area contributed by atoms with Gasteiger partial charge < -0.3 is 9.64 Å². The monoisotopic (exact) mass is 303 g/mol. The van der Waals surface area contributed by atoms with Crippen molar-refractivity contribution in [2.45, 2.75) is 44.6 Å². The first kappa shape index (κ1) is 13.3. The van der Waals surface area contributed by atoms with Crippen LogP contribution in [0.3, 0.4) is 0 Å². The van der Waals surface area contributed by atoms with Gasteiger partial charge in [0.05, 0.1) is 0 Å². The number of carbonyl (C=O) groups is 1. The fourth-order valence-corrected chi connectivity index (χ4v) is 2.83. The van der Waals surface area contributed by atoms with Crippen LogP contribution in [0, 0.1) is 5.92 Å². The van der Waals surface area contributed by atoms with E-state index in [1.165, 1.54) is 19.3 Å². The Labute approximate surface area is 112 Å². The van der Waals surface area contributed by atoms with E-state index in [1.807, 2.05) is 0 Å². The zero-order valence-corrected chi connectivity index (χ0v) is 12.0. The number of hydrogen-bond donors (Lipinski definition) is 0. The van der Waals surface area contributed by atoms with E-state index >= 15 is 0 Å². The molecule has 2 fully saturated rings. The Hall–Kier alpha value is -0.0900. The maximum Gasteiger partial charge on any atom is 0.226 e. The summed E-state index contributed by atoms with van der Waals surface area (Å²) in [5.74, 6) is 0.610. The number of halogens is 1. The van der Waals surface area contributed by atoms with Crippen molar-refractivity contribution >= 4 is 21.8 Å². The second-order valence-electron chi connectivity index (χ2n) is 5.05. The van der Waals surface area contributed by atoms with Crippen molar-refractivity contribution in [1.82, 2.24) is 4.90 Å². The molecule has 0 bridgehead atoms. The number of amides is 1. The molecule has 3 nitrogen and oxygen atoms in total. The van der Waals surface area contributed by atoms with Crippen LogP contribution in [-0.4, -0.2) is 41.9 Å². The van der Waals surface area contributed by atoms with Crippen molar-refractivity contribution in [3.05, 3.63) is 0 Å². The predicted octanol–water partition coefficient (Wildman–Crippen LogP) is 2.58. The molecule has 0 unspecified atom stereocenters. The molecule has 0 aromatic heterocycles. The molecule has 1 saturated carbocycles. The topological polar surface area (TPSA) is 29.5 Å². The number of ether oxygens (including phenoxy) is 1. The second kappa shape index (κ2) is 6.74. The summed E-state index contributed by atoms with van der Waals surface area (Å²) >= 11 is 3.45. The average molecular weight is 304 g/mol. The lowest BCUT2D eigenvalue weighted by Crippen LogP contribution is -2.48. The minimum absolute atomic E-state index is 0.222. The Morgan fingerprint density at radius 2 is 1.94 bits per heavy atom. The van der Waals surface area contributed by atoms with E-state index in [0.29, 0.717) is 11.9 Å². The fraction of sp³-hybridized carbons (Fsp3) is 0.923. The zero-order chi connectivity index (χ0) is 12.1. The molecule has 2 aliphatic rings. The lowest BCUT2D eigenvalue weighted by molar-refractivity contribution is -0.142. The van der Waals surface area contributed by atoms with Gasteiger partial charge in [0.25, 0.3) is 0 Å². The Morgan fingerprint density at radius 3 is 2.47 bits per heavy atom. The smallest absolute Gasteiger partial charge is 0.226 e. The minimum Gasteiger partial charge on any atom is -0.381 e. The normalized spacial score (nSPS) is 22.2. The van der Waals surface area contributed by atoms with E-state index in [0.717, 1.165) is 44.4 Å². The first-order valence-electron chi connectivity index (χ1n) is 6.77. The third kappa shape index (κ3) is 3.44. The van der Waals surface area contributed by atoms with Gasteiger partial charge in [-0.25, -0.2) is 0 Å². The number of rotatable bonds is 5. The highest BCUT2D eigenvalue weighted by molar-refractivity contribution is 9.09. The summed E-state index contributed by atoms with van der Waals surface area (Å²) in [6.07, 6.45) is 6.59. The molecule has 1 heterocycles. The van der Waals surface area contributed by atoms with Crippen molar-refractivity contribution in [2.75, 3.05) is 25.1 Å². The van der Waals surface area contributed by atoms with Crippen molar-refractivity contribution < 1.29 is 9.53 Å². The van der Waals surface area contributed by atoms with Gasteiger partial charge in [0.2, 0.25) is 5.91 Å². The van der Waals surface area contributed by atoms with Gasteiger partial charge in [-0.05, 0) is 38.5 Å². The predicted molar refractivity (Wildman–Crippen MR) is 71.3 cm³/mol. The first-order chi connectivity index (χ1) is 8.33. The molecule has 1 saturated heterocycles. The number of carbonyl (C=O) groups excluding carboxylic acids is 1. The fourth-order valence-electron chi connectivity index (χ4n) is 2.58. The van der Waals surface area contributed by atoms with E-state index in [-0.39, 0.29) is 5.92 Å². The van der Waals surface area contributed by atoms with E-state index in [4.69, 9.17) is 4.74 Å². The maximum absolute atomic E-state index is 12.5. The molecule has 0 spiro atoms. The zero-order valence-electron chi connectivity index (χ0n) is 10.4. The molecule has 1 aliphatic carbocycles. The van der Waals surface area contributed by atoms with Crippen molar-refractivity contribution in [1.29, 1.82) is 0 Å².